The molecule has 33 heavy (non-hydrogen) atoms. The SMILES string of the molecule is CC1CCC2(C)C(C[CH-]C3C2CC(C)C2(C)C(C(C)CCC(=O)CCCO)CCC32)C1.[W].[Y]. The molecule has 0 saturated heterocycles. The quantitative estimate of drug-likeness (QED) is 0.288. The maximum absolute atomic E-state index is 12.2. The summed E-state index contributed by atoms with van der Waals surface area (Å²) in [7, 11) is 0. The van der Waals surface area contributed by atoms with Gasteiger partial charge < -0.3 is 11.5 Å². The molecule has 4 rings (SSSR count). The maximum atomic E-state index is 12.2. The van der Waals surface area contributed by atoms with E-state index in [0.717, 1.165) is 47.8 Å². The molecule has 0 aromatic rings. The van der Waals surface area contributed by atoms with Crippen LogP contribution < -0.4 is 0 Å². The first kappa shape index (κ1) is 30.6. The molecule has 0 aromatic heterocycles. The van der Waals surface area contributed by atoms with Crippen LogP contribution in [0.25, 0.3) is 0 Å². The van der Waals surface area contributed by atoms with Crippen molar-refractivity contribution < 1.29 is 63.7 Å². The molecule has 10 unspecified atom stereocenters. The van der Waals surface area contributed by atoms with Crippen molar-refractivity contribution in [2.24, 2.45) is 58.2 Å². The summed E-state index contributed by atoms with van der Waals surface area (Å²) in [5.41, 5.74) is 1.01. The van der Waals surface area contributed by atoms with Crippen molar-refractivity contribution in [2.45, 2.75) is 105 Å². The number of rotatable bonds is 7. The average molecular weight is 702 g/mol. The van der Waals surface area contributed by atoms with Gasteiger partial charge in [-0.15, -0.1) is 0 Å². The predicted octanol–water partition coefficient (Wildman–Crippen LogP) is 7.09. The zero-order valence-electron chi connectivity index (χ0n) is 22.0. The second kappa shape index (κ2) is 12.3. The molecule has 2 nitrogen and oxygen atoms in total. The standard InChI is InChI=1S/C29H49O2.W.Y/c1-19-14-15-28(4)22(17-19)9-11-24-26-13-12-25(29(26,5)21(3)18-27(24)28)20(2)8-10-23(31)7-6-16-30;;/h11,19-22,24-27,30H,6-10,12-18H2,1-5H3;;/q-1;;. The summed E-state index contributed by atoms with van der Waals surface area (Å²) in [5.74, 6) is 6.99. The largest absolute Gasteiger partial charge is 0.396 e. The van der Waals surface area contributed by atoms with E-state index in [9.17, 15) is 4.79 Å². The van der Waals surface area contributed by atoms with Gasteiger partial charge >= 0.3 is 0 Å². The zero-order valence-corrected chi connectivity index (χ0v) is 27.8. The van der Waals surface area contributed by atoms with Crippen LogP contribution in [0.3, 0.4) is 0 Å². The molecular formula is C29H49O2WY-. The van der Waals surface area contributed by atoms with Crippen LogP contribution in [0.1, 0.15) is 105 Å². The first-order valence-corrected chi connectivity index (χ1v) is 13.7. The molecule has 0 heterocycles. The number of Topliss-reactive ketones (excluding diaryl/α,β-unsaturated/α-hetero) is 1. The van der Waals surface area contributed by atoms with E-state index in [4.69, 9.17) is 5.11 Å². The van der Waals surface area contributed by atoms with Crippen molar-refractivity contribution in [3.63, 3.8) is 0 Å². The Morgan fingerprint density at radius 2 is 1.82 bits per heavy atom. The molecule has 4 heteroatoms. The van der Waals surface area contributed by atoms with Crippen molar-refractivity contribution in [2.75, 3.05) is 6.61 Å². The number of fused-ring (bicyclic) bond motifs is 5. The molecule has 10 atom stereocenters. The molecule has 4 aliphatic rings. The fourth-order valence-electron chi connectivity index (χ4n) is 9.40. The third-order valence-electron chi connectivity index (χ3n) is 11.5. The Hall–Kier alpha value is 1.42. The fourth-order valence-corrected chi connectivity index (χ4v) is 9.40. The van der Waals surface area contributed by atoms with E-state index in [-0.39, 0.29) is 60.4 Å². The summed E-state index contributed by atoms with van der Waals surface area (Å²) in [6.45, 7) is 12.9. The Kier molecular flexibility index (Phi) is 11.4. The molecule has 4 saturated carbocycles. The van der Waals surface area contributed by atoms with Crippen LogP contribution in [-0.4, -0.2) is 17.5 Å². The van der Waals surface area contributed by atoms with E-state index < -0.39 is 0 Å². The van der Waals surface area contributed by atoms with Crippen LogP contribution in [0.15, 0.2) is 0 Å². The van der Waals surface area contributed by atoms with Gasteiger partial charge in [-0.05, 0) is 73.0 Å². The molecule has 1 radical (unpaired) electrons. The van der Waals surface area contributed by atoms with Gasteiger partial charge in [-0.3, -0.25) is 4.79 Å². The number of ketones is 1. The number of hydrogen-bond acceptors (Lipinski definition) is 2. The summed E-state index contributed by atoms with van der Waals surface area (Å²) in [5, 5.41) is 9.00. The second-order valence-corrected chi connectivity index (χ2v) is 12.9. The van der Waals surface area contributed by atoms with Gasteiger partial charge in [0.05, 0.1) is 0 Å². The Bertz CT molecular complexity index is 656. The minimum absolute atomic E-state index is 0. The molecule has 4 aliphatic carbocycles. The van der Waals surface area contributed by atoms with E-state index in [1.807, 2.05) is 0 Å². The van der Waals surface area contributed by atoms with Crippen LogP contribution in [0, 0.1) is 64.6 Å². The molecule has 0 amide bonds. The third kappa shape index (κ3) is 5.65. The van der Waals surface area contributed by atoms with Gasteiger partial charge in [0.15, 0.2) is 0 Å². The summed E-state index contributed by atoms with van der Waals surface area (Å²) in [6, 6.07) is 0. The van der Waals surface area contributed by atoms with Crippen LogP contribution in [0.2, 0.25) is 0 Å². The molecule has 0 spiro atoms. The molecule has 1 N–H and O–H groups in total. The van der Waals surface area contributed by atoms with Gasteiger partial charge in [0.2, 0.25) is 0 Å². The topological polar surface area (TPSA) is 37.3 Å². The van der Waals surface area contributed by atoms with Crippen LogP contribution in [-0.2, 0) is 58.6 Å². The van der Waals surface area contributed by atoms with Crippen LogP contribution >= 0.6 is 0 Å². The molecular weight excluding hydrogens is 653 g/mol. The van der Waals surface area contributed by atoms with E-state index in [1.54, 1.807) is 0 Å². The summed E-state index contributed by atoms with van der Waals surface area (Å²) in [4.78, 5) is 12.2. The van der Waals surface area contributed by atoms with Crippen molar-refractivity contribution in [3.8, 4) is 0 Å². The summed E-state index contributed by atoms with van der Waals surface area (Å²) >= 11 is 0. The van der Waals surface area contributed by atoms with Crippen molar-refractivity contribution in [1.29, 1.82) is 0 Å². The van der Waals surface area contributed by atoms with Gasteiger partial charge in [-0.2, -0.15) is 12.3 Å². The van der Waals surface area contributed by atoms with E-state index in [2.05, 4.69) is 41.0 Å². The van der Waals surface area contributed by atoms with Gasteiger partial charge in [-0.1, -0.05) is 65.2 Å². The van der Waals surface area contributed by atoms with E-state index in [0.29, 0.717) is 41.8 Å². The maximum Gasteiger partial charge on any atom is 0.133 e. The van der Waals surface area contributed by atoms with Gasteiger partial charge in [0, 0.05) is 73.2 Å². The Morgan fingerprint density at radius 1 is 1.09 bits per heavy atom. The van der Waals surface area contributed by atoms with Gasteiger partial charge in [0.1, 0.15) is 5.78 Å². The molecule has 0 aromatic carbocycles. The van der Waals surface area contributed by atoms with Crippen molar-refractivity contribution >= 4 is 5.78 Å². The minimum Gasteiger partial charge on any atom is -0.396 e. The van der Waals surface area contributed by atoms with Crippen LogP contribution in [0.5, 0.6) is 0 Å². The number of aliphatic hydroxyl groups excluding tert-OH is 1. The Balaban J connectivity index is 0.00000193. The monoisotopic (exact) mass is 702 g/mol. The van der Waals surface area contributed by atoms with Crippen molar-refractivity contribution in [3.05, 3.63) is 6.42 Å². The van der Waals surface area contributed by atoms with E-state index >= 15 is 0 Å². The predicted molar refractivity (Wildman–Crippen MR) is 128 cm³/mol. The summed E-state index contributed by atoms with van der Waals surface area (Å²) < 4.78 is 0. The van der Waals surface area contributed by atoms with Crippen LogP contribution in [0.4, 0.5) is 0 Å². The molecule has 4 fully saturated rings. The number of aliphatic hydroxyl groups is 1. The molecule has 0 bridgehead atoms. The van der Waals surface area contributed by atoms with Gasteiger partial charge in [0.25, 0.3) is 0 Å². The Labute approximate surface area is 244 Å². The minimum atomic E-state index is 0. The zero-order chi connectivity index (χ0) is 22.4. The number of carbonyl (C=O) groups is 1. The van der Waals surface area contributed by atoms with Crippen molar-refractivity contribution in [1.82, 2.24) is 0 Å². The molecule has 0 aliphatic heterocycles. The third-order valence-corrected chi connectivity index (χ3v) is 11.5. The average Bonchev–Trinajstić information content (AvgIpc) is 3.10. The fraction of sp³-hybridized carbons (Fsp3) is 0.931. The summed E-state index contributed by atoms with van der Waals surface area (Å²) in [6.07, 6.45) is 15.7. The number of carbonyl (C=O) groups excluding carboxylic acids is 1. The first-order chi connectivity index (χ1) is 14.7. The smallest absolute Gasteiger partial charge is 0.133 e. The molecule has 187 valence electrons. The number of hydrogen-bond donors (Lipinski definition) is 1. The normalized spacial score (nSPS) is 45.0. The second-order valence-electron chi connectivity index (χ2n) is 12.9. The van der Waals surface area contributed by atoms with Gasteiger partial charge in [-0.25, -0.2) is 0 Å². The van der Waals surface area contributed by atoms with E-state index in [1.165, 1.54) is 44.9 Å². The first-order valence-electron chi connectivity index (χ1n) is 13.7. The Morgan fingerprint density at radius 3 is 2.52 bits per heavy atom.